The maximum Gasteiger partial charge on any atom is 0.307 e. The molecule has 2 rings (SSSR count). The molecule has 10 heteroatoms. The summed E-state index contributed by atoms with van der Waals surface area (Å²) < 4.78 is 46.2. The Morgan fingerprint density at radius 1 is 1.15 bits per heavy atom. The Balaban J connectivity index is 2.19. The molecule has 0 radical (unpaired) electrons. The van der Waals surface area contributed by atoms with Gasteiger partial charge in [0.15, 0.2) is 0 Å². The van der Waals surface area contributed by atoms with E-state index in [2.05, 4.69) is 36.6 Å². The van der Waals surface area contributed by atoms with Gasteiger partial charge in [0, 0.05) is 0 Å². The SMILES string of the molecule is CCS(=O)(=O)Nc1cc(F)cc(COc2c(Br)cc(CC(=O)O)cc2Br)c1. The predicted molar refractivity (Wildman–Crippen MR) is 107 cm³/mol. The molecule has 0 fully saturated rings. The number of carboxylic acid groups (broad SMARTS) is 1. The van der Waals surface area contributed by atoms with Crippen LogP contribution in [0.3, 0.4) is 0 Å². The summed E-state index contributed by atoms with van der Waals surface area (Å²) in [6.45, 7) is 1.46. The maximum atomic E-state index is 13.8. The van der Waals surface area contributed by atoms with Gasteiger partial charge >= 0.3 is 5.97 Å². The standard InChI is InChI=1S/C17H16Br2FNO5S/c1-2-27(24,25)21-13-4-11(3-12(20)8-13)9-26-17-14(18)5-10(6-15(17)19)7-16(22)23/h3-6,8,21H,2,7,9H2,1H3,(H,22,23). The number of hydrogen-bond donors (Lipinski definition) is 2. The Morgan fingerprint density at radius 3 is 2.33 bits per heavy atom. The van der Waals surface area contributed by atoms with Gasteiger partial charge in [-0.05, 0) is 80.2 Å². The average Bonchev–Trinajstić information content (AvgIpc) is 2.52. The molecule has 0 spiro atoms. The van der Waals surface area contributed by atoms with Crippen LogP contribution in [0.15, 0.2) is 39.3 Å². The Bertz CT molecular complexity index is 943. The lowest BCUT2D eigenvalue weighted by Crippen LogP contribution is -2.15. The Labute approximate surface area is 173 Å². The van der Waals surface area contributed by atoms with Crippen molar-refractivity contribution in [2.24, 2.45) is 0 Å². The number of carbonyl (C=O) groups is 1. The van der Waals surface area contributed by atoms with Gasteiger partial charge < -0.3 is 9.84 Å². The third-order valence-corrected chi connectivity index (χ3v) is 5.89. The minimum absolute atomic E-state index is 0.0198. The lowest BCUT2D eigenvalue weighted by Gasteiger charge is -2.13. The van der Waals surface area contributed by atoms with Crippen molar-refractivity contribution >= 4 is 53.5 Å². The van der Waals surface area contributed by atoms with Gasteiger partial charge in [-0.25, -0.2) is 12.8 Å². The van der Waals surface area contributed by atoms with Crippen LogP contribution in [0.1, 0.15) is 18.1 Å². The smallest absolute Gasteiger partial charge is 0.307 e. The summed E-state index contributed by atoms with van der Waals surface area (Å²) in [6, 6.07) is 7.06. The molecule has 0 amide bonds. The summed E-state index contributed by atoms with van der Waals surface area (Å²) in [5, 5.41) is 8.87. The fourth-order valence-electron chi connectivity index (χ4n) is 2.23. The second kappa shape index (κ2) is 9.03. The van der Waals surface area contributed by atoms with E-state index in [0.717, 1.165) is 6.07 Å². The zero-order valence-electron chi connectivity index (χ0n) is 14.1. The topological polar surface area (TPSA) is 92.7 Å². The van der Waals surface area contributed by atoms with Gasteiger partial charge in [0.2, 0.25) is 10.0 Å². The van der Waals surface area contributed by atoms with Crippen molar-refractivity contribution in [3.8, 4) is 5.75 Å². The minimum Gasteiger partial charge on any atom is -0.487 e. The van der Waals surface area contributed by atoms with Crippen LogP contribution in [-0.4, -0.2) is 25.2 Å². The van der Waals surface area contributed by atoms with Crippen LogP contribution in [0, 0.1) is 5.82 Å². The van der Waals surface area contributed by atoms with Gasteiger partial charge in [0.05, 0.1) is 26.8 Å². The van der Waals surface area contributed by atoms with Crippen molar-refractivity contribution in [1.82, 2.24) is 0 Å². The summed E-state index contributed by atoms with van der Waals surface area (Å²) >= 11 is 6.65. The Hall–Kier alpha value is -1.65. The molecule has 0 aromatic heterocycles. The van der Waals surface area contributed by atoms with Crippen LogP contribution < -0.4 is 9.46 Å². The first-order valence-corrected chi connectivity index (χ1v) is 11.0. The first-order chi connectivity index (χ1) is 12.6. The second-order valence-corrected chi connectivity index (χ2v) is 9.32. The highest BCUT2D eigenvalue weighted by Gasteiger charge is 2.13. The number of benzene rings is 2. The van der Waals surface area contributed by atoms with E-state index in [9.17, 15) is 17.6 Å². The molecule has 0 saturated carbocycles. The van der Waals surface area contributed by atoms with Crippen molar-refractivity contribution in [3.63, 3.8) is 0 Å². The van der Waals surface area contributed by atoms with Gasteiger partial charge in [0.25, 0.3) is 0 Å². The molecule has 2 N–H and O–H groups in total. The van der Waals surface area contributed by atoms with Crippen LogP contribution in [0.5, 0.6) is 5.75 Å². The van der Waals surface area contributed by atoms with Crippen molar-refractivity contribution < 1.29 is 27.4 Å². The average molecular weight is 525 g/mol. The van der Waals surface area contributed by atoms with E-state index in [0.29, 0.717) is 25.8 Å². The minimum atomic E-state index is -3.52. The fourth-order valence-corrected chi connectivity index (χ4v) is 4.36. The molecule has 2 aromatic rings. The van der Waals surface area contributed by atoms with Crippen LogP contribution in [0.25, 0.3) is 0 Å². The number of nitrogens with one attached hydrogen (secondary N) is 1. The first kappa shape index (κ1) is 21.6. The predicted octanol–water partition coefficient (Wildman–Crippen LogP) is 4.32. The molecule has 0 aliphatic heterocycles. The lowest BCUT2D eigenvalue weighted by atomic mass is 10.1. The quantitative estimate of drug-likeness (QED) is 0.536. The molecular formula is C17H16Br2FNO5S. The molecule has 27 heavy (non-hydrogen) atoms. The maximum absolute atomic E-state index is 13.8. The van der Waals surface area contributed by atoms with E-state index >= 15 is 0 Å². The summed E-state index contributed by atoms with van der Waals surface area (Å²) in [5.41, 5.74) is 1.12. The molecule has 0 heterocycles. The zero-order chi connectivity index (χ0) is 20.2. The molecule has 0 aliphatic rings. The van der Waals surface area contributed by atoms with Crippen LogP contribution in [-0.2, 0) is 27.8 Å². The summed E-state index contributed by atoms with van der Waals surface area (Å²) in [4.78, 5) is 10.8. The van der Waals surface area contributed by atoms with Crippen molar-refractivity contribution in [2.45, 2.75) is 20.0 Å². The van der Waals surface area contributed by atoms with Gasteiger partial charge in [-0.15, -0.1) is 0 Å². The van der Waals surface area contributed by atoms with E-state index in [1.165, 1.54) is 19.1 Å². The van der Waals surface area contributed by atoms with E-state index in [1.807, 2.05) is 0 Å². The number of aliphatic carboxylic acids is 1. The summed E-state index contributed by atoms with van der Waals surface area (Å²) in [6.07, 6.45) is -0.137. The number of anilines is 1. The third-order valence-electron chi connectivity index (χ3n) is 3.41. The van der Waals surface area contributed by atoms with Crippen molar-refractivity contribution in [2.75, 3.05) is 10.5 Å². The number of rotatable bonds is 8. The first-order valence-electron chi connectivity index (χ1n) is 7.72. The van der Waals surface area contributed by atoms with Gasteiger partial charge in [-0.3, -0.25) is 9.52 Å². The third kappa shape index (κ3) is 6.47. The molecule has 146 valence electrons. The molecular weight excluding hydrogens is 509 g/mol. The Kier molecular flexibility index (Phi) is 7.24. The highest BCUT2D eigenvalue weighted by Crippen LogP contribution is 2.35. The van der Waals surface area contributed by atoms with Gasteiger partial charge in [-0.2, -0.15) is 0 Å². The molecule has 6 nitrogen and oxygen atoms in total. The fraction of sp³-hybridized carbons (Fsp3) is 0.235. The highest BCUT2D eigenvalue weighted by molar-refractivity contribution is 9.11. The van der Waals surface area contributed by atoms with Crippen LogP contribution in [0.2, 0.25) is 0 Å². The second-order valence-electron chi connectivity index (χ2n) is 5.60. The lowest BCUT2D eigenvalue weighted by molar-refractivity contribution is -0.136. The Morgan fingerprint density at radius 2 is 1.78 bits per heavy atom. The highest BCUT2D eigenvalue weighted by atomic mass is 79.9. The van der Waals surface area contributed by atoms with E-state index in [4.69, 9.17) is 9.84 Å². The van der Waals surface area contributed by atoms with Crippen LogP contribution in [0.4, 0.5) is 10.1 Å². The van der Waals surface area contributed by atoms with Crippen LogP contribution >= 0.6 is 31.9 Å². The molecule has 0 atom stereocenters. The van der Waals surface area contributed by atoms with Gasteiger partial charge in [0.1, 0.15) is 18.2 Å². The molecule has 0 aliphatic carbocycles. The van der Waals surface area contributed by atoms with E-state index in [1.54, 1.807) is 12.1 Å². The monoisotopic (exact) mass is 523 g/mol. The molecule has 2 aromatic carbocycles. The summed E-state index contributed by atoms with van der Waals surface area (Å²) in [7, 11) is -3.52. The van der Waals surface area contributed by atoms with Gasteiger partial charge in [-0.1, -0.05) is 0 Å². The zero-order valence-corrected chi connectivity index (χ0v) is 18.1. The van der Waals surface area contributed by atoms with E-state index < -0.39 is 21.8 Å². The van der Waals surface area contributed by atoms with E-state index in [-0.39, 0.29) is 24.5 Å². The van der Waals surface area contributed by atoms with Crippen molar-refractivity contribution in [3.05, 3.63) is 56.2 Å². The number of halogens is 3. The number of sulfonamides is 1. The summed E-state index contributed by atoms with van der Waals surface area (Å²) in [5.74, 6) is -1.26. The molecule has 0 saturated heterocycles. The normalized spacial score (nSPS) is 11.3. The van der Waals surface area contributed by atoms with Crippen molar-refractivity contribution in [1.29, 1.82) is 0 Å². The molecule has 0 unspecified atom stereocenters. The number of hydrogen-bond acceptors (Lipinski definition) is 4. The number of ether oxygens (including phenoxy) is 1. The molecule has 0 bridgehead atoms. The number of carboxylic acids is 1. The largest absolute Gasteiger partial charge is 0.487 e.